The molecular weight excluding hydrogens is 428 g/mol. The second kappa shape index (κ2) is 11.1. The van der Waals surface area contributed by atoms with E-state index in [-0.39, 0.29) is 18.4 Å². The molecule has 4 rings (SSSR count). The number of nitrogens with zero attached hydrogens (tertiary/aromatic N) is 3. The van der Waals surface area contributed by atoms with E-state index in [0.29, 0.717) is 18.0 Å². The van der Waals surface area contributed by atoms with Crippen LogP contribution in [0.5, 0.6) is 0 Å². The van der Waals surface area contributed by atoms with Crippen molar-refractivity contribution in [2.75, 3.05) is 32.7 Å². The largest absolute Gasteiger partial charge is 0.390 e. The highest BCUT2D eigenvalue weighted by Gasteiger charge is 2.22. The Morgan fingerprint density at radius 1 is 1.21 bits per heavy atom. The van der Waals surface area contributed by atoms with E-state index in [0.717, 1.165) is 57.6 Å². The molecule has 0 saturated carbocycles. The van der Waals surface area contributed by atoms with Crippen LogP contribution in [0, 0.1) is 12.8 Å². The quantitative estimate of drug-likeness (QED) is 0.657. The Balaban J connectivity index is 1.24. The summed E-state index contributed by atoms with van der Waals surface area (Å²) < 4.78 is 0. The highest BCUT2D eigenvalue weighted by molar-refractivity contribution is 5.94. The lowest BCUT2D eigenvalue weighted by molar-refractivity contribution is -0.130. The van der Waals surface area contributed by atoms with E-state index in [9.17, 15) is 14.7 Å². The van der Waals surface area contributed by atoms with Crippen LogP contribution in [-0.4, -0.2) is 70.5 Å². The number of pyridine rings is 1. The van der Waals surface area contributed by atoms with Crippen LogP contribution in [0.15, 0.2) is 36.5 Å². The van der Waals surface area contributed by atoms with Crippen molar-refractivity contribution in [1.82, 2.24) is 20.1 Å². The van der Waals surface area contributed by atoms with Crippen LogP contribution < -0.4 is 5.32 Å². The lowest BCUT2D eigenvalue weighted by Crippen LogP contribution is -2.42. The maximum Gasteiger partial charge on any atom is 0.251 e. The van der Waals surface area contributed by atoms with E-state index in [1.54, 1.807) is 19.2 Å². The fourth-order valence-corrected chi connectivity index (χ4v) is 5.11. The van der Waals surface area contributed by atoms with Gasteiger partial charge in [0.05, 0.1) is 6.10 Å². The molecule has 3 heterocycles. The number of aliphatic hydroxyl groups excluding tert-OH is 1. The summed E-state index contributed by atoms with van der Waals surface area (Å²) in [6.45, 7) is 7.85. The number of carbonyl (C=O) groups is 2. The van der Waals surface area contributed by atoms with Crippen LogP contribution >= 0.6 is 0 Å². The molecular formula is C27H36N4O3. The van der Waals surface area contributed by atoms with Crippen molar-refractivity contribution in [3.63, 3.8) is 0 Å². The zero-order valence-corrected chi connectivity index (χ0v) is 20.3. The first-order chi connectivity index (χ1) is 16.4. The van der Waals surface area contributed by atoms with Crippen molar-refractivity contribution in [2.45, 2.75) is 52.2 Å². The van der Waals surface area contributed by atoms with E-state index in [4.69, 9.17) is 0 Å². The molecule has 0 radical (unpaired) electrons. The van der Waals surface area contributed by atoms with Crippen molar-refractivity contribution < 1.29 is 14.7 Å². The maximum atomic E-state index is 12.7. The molecule has 34 heavy (non-hydrogen) atoms. The van der Waals surface area contributed by atoms with E-state index >= 15 is 0 Å². The van der Waals surface area contributed by atoms with Gasteiger partial charge in [-0.05, 0) is 67.3 Å². The molecule has 2 aliphatic heterocycles. The highest BCUT2D eigenvalue weighted by Crippen LogP contribution is 2.23. The van der Waals surface area contributed by atoms with Gasteiger partial charge in [-0.15, -0.1) is 0 Å². The molecule has 1 fully saturated rings. The number of piperidine rings is 1. The lowest BCUT2D eigenvalue weighted by atomic mass is 9.91. The molecule has 0 spiro atoms. The second-order valence-corrected chi connectivity index (χ2v) is 9.75. The molecule has 0 bridgehead atoms. The van der Waals surface area contributed by atoms with Gasteiger partial charge in [0.2, 0.25) is 5.91 Å². The molecule has 1 aromatic heterocycles. The van der Waals surface area contributed by atoms with Gasteiger partial charge in [0.15, 0.2) is 0 Å². The molecule has 182 valence electrons. The molecule has 1 saturated heterocycles. The first-order valence-corrected chi connectivity index (χ1v) is 12.4. The number of β-amino-alcohol motifs (C(OH)–C–C–N with tert-alkyl or cyclic N) is 1. The van der Waals surface area contributed by atoms with Gasteiger partial charge in [-0.2, -0.15) is 0 Å². The molecule has 0 unspecified atom stereocenters. The Bertz CT molecular complexity index is 1020. The van der Waals surface area contributed by atoms with E-state index in [1.165, 1.54) is 16.7 Å². The Hall–Kier alpha value is -2.77. The van der Waals surface area contributed by atoms with Crippen LogP contribution in [0.3, 0.4) is 0 Å². The molecule has 0 aliphatic carbocycles. The van der Waals surface area contributed by atoms with Crippen molar-refractivity contribution >= 4 is 11.8 Å². The number of aliphatic hydroxyl groups is 1. The fourth-order valence-electron chi connectivity index (χ4n) is 5.11. The zero-order valence-electron chi connectivity index (χ0n) is 20.3. The smallest absolute Gasteiger partial charge is 0.251 e. The number of fused-ring (bicyclic) bond motifs is 1. The minimum absolute atomic E-state index is 0.137. The summed E-state index contributed by atoms with van der Waals surface area (Å²) >= 11 is 0. The topological polar surface area (TPSA) is 85.8 Å². The van der Waals surface area contributed by atoms with Crippen LogP contribution in [0.25, 0.3) is 0 Å². The number of nitrogens with one attached hydrogen (secondary N) is 1. The number of hydrogen-bond acceptors (Lipinski definition) is 5. The number of hydrogen-bond donors (Lipinski definition) is 2. The number of benzene rings is 1. The average molecular weight is 465 g/mol. The number of aromatic nitrogens is 1. The highest BCUT2D eigenvalue weighted by atomic mass is 16.3. The predicted molar refractivity (Wildman–Crippen MR) is 131 cm³/mol. The number of amides is 2. The summed E-state index contributed by atoms with van der Waals surface area (Å²) in [5, 5.41) is 13.4. The zero-order chi connectivity index (χ0) is 24.1. The van der Waals surface area contributed by atoms with Gasteiger partial charge in [-0.25, -0.2) is 0 Å². The van der Waals surface area contributed by atoms with Crippen LogP contribution in [0.4, 0.5) is 0 Å². The fraction of sp³-hybridized carbons (Fsp3) is 0.519. The van der Waals surface area contributed by atoms with Crippen molar-refractivity contribution in [3.8, 4) is 0 Å². The summed E-state index contributed by atoms with van der Waals surface area (Å²) in [6, 6.07) is 10.00. The summed E-state index contributed by atoms with van der Waals surface area (Å²) in [7, 11) is 0. The number of rotatable bonds is 7. The minimum atomic E-state index is -0.623. The van der Waals surface area contributed by atoms with E-state index < -0.39 is 6.10 Å². The number of aryl methyl sites for hydroxylation is 1. The monoisotopic (exact) mass is 464 g/mol. The third-order valence-electron chi connectivity index (χ3n) is 7.19. The van der Waals surface area contributed by atoms with Gasteiger partial charge in [-0.1, -0.05) is 18.2 Å². The number of carbonyl (C=O) groups excluding carboxylic acids is 2. The molecule has 2 aromatic rings. The molecule has 2 N–H and O–H groups in total. The third-order valence-corrected chi connectivity index (χ3v) is 7.19. The Labute approximate surface area is 202 Å². The minimum Gasteiger partial charge on any atom is -0.390 e. The van der Waals surface area contributed by atoms with Crippen molar-refractivity contribution in [1.29, 1.82) is 0 Å². The molecule has 1 aromatic carbocycles. The van der Waals surface area contributed by atoms with Gasteiger partial charge in [0.1, 0.15) is 0 Å². The molecule has 2 aliphatic rings. The van der Waals surface area contributed by atoms with E-state index in [2.05, 4.69) is 40.3 Å². The normalized spacial score (nSPS) is 17.8. The number of likely N-dealkylation sites (tertiary alicyclic amines) is 1. The van der Waals surface area contributed by atoms with Crippen LogP contribution in [0.2, 0.25) is 0 Å². The Morgan fingerprint density at radius 2 is 2.00 bits per heavy atom. The van der Waals surface area contributed by atoms with Crippen LogP contribution in [-0.2, 0) is 24.2 Å². The average Bonchev–Trinajstić information content (AvgIpc) is 2.83. The molecule has 2 amide bonds. The molecule has 7 heteroatoms. The van der Waals surface area contributed by atoms with Gasteiger partial charge in [-0.3, -0.25) is 19.5 Å². The van der Waals surface area contributed by atoms with Gasteiger partial charge in [0.25, 0.3) is 5.91 Å². The van der Waals surface area contributed by atoms with Crippen LogP contribution in [0.1, 0.15) is 52.5 Å². The van der Waals surface area contributed by atoms with Gasteiger partial charge in [0, 0.05) is 63.6 Å². The Kier molecular flexibility index (Phi) is 7.95. The summed E-state index contributed by atoms with van der Waals surface area (Å²) in [5.41, 5.74) is 5.53. The Morgan fingerprint density at radius 3 is 2.76 bits per heavy atom. The predicted octanol–water partition coefficient (Wildman–Crippen LogP) is 2.34. The summed E-state index contributed by atoms with van der Waals surface area (Å²) in [6.07, 6.45) is 4.78. The third kappa shape index (κ3) is 6.21. The lowest BCUT2D eigenvalue weighted by Gasteiger charge is -2.31. The first kappa shape index (κ1) is 24.4. The SMILES string of the molecule is CC(=O)N1CCC(Cc2cc(C(=O)NC[C@H](O)CN3CCc4cccc(C)c4C3)ccn2)CC1. The maximum absolute atomic E-state index is 12.7. The van der Waals surface area contributed by atoms with Crippen molar-refractivity contribution in [2.24, 2.45) is 5.92 Å². The molecule has 7 nitrogen and oxygen atoms in total. The second-order valence-electron chi connectivity index (χ2n) is 9.75. The van der Waals surface area contributed by atoms with Gasteiger partial charge < -0.3 is 15.3 Å². The van der Waals surface area contributed by atoms with E-state index in [1.807, 2.05) is 11.0 Å². The standard InChI is InChI=1S/C27H36N4O3/c1-19-4-3-5-22-9-11-30(18-26(19)22)17-25(33)16-29-27(34)23-6-10-28-24(15-23)14-21-7-12-31(13-8-21)20(2)32/h3-6,10,15,21,25,33H,7-9,11-14,16-18H2,1-2H3,(H,29,34)/t25-/m0/s1. The first-order valence-electron chi connectivity index (χ1n) is 12.4. The van der Waals surface area contributed by atoms with Crippen molar-refractivity contribution in [3.05, 3.63) is 64.5 Å². The summed E-state index contributed by atoms with van der Waals surface area (Å²) in [5.74, 6) is 0.424. The van der Waals surface area contributed by atoms with Gasteiger partial charge >= 0.3 is 0 Å². The summed E-state index contributed by atoms with van der Waals surface area (Å²) in [4.78, 5) is 32.8. The molecule has 1 atom stereocenters.